The minimum Gasteiger partial charge on any atom is -0.461 e. The fourth-order valence-electron chi connectivity index (χ4n) is 1.17. The summed E-state index contributed by atoms with van der Waals surface area (Å²) in [6, 6.07) is 0.324. The third-order valence-electron chi connectivity index (χ3n) is 1.93. The lowest BCUT2D eigenvalue weighted by atomic mass is 10.4. The largest absolute Gasteiger partial charge is 0.461 e. The lowest BCUT2D eigenvalue weighted by molar-refractivity contribution is 0.0519. The lowest BCUT2D eigenvalue weighted by Crippen LogP contribution is -2.07. The highest BCUT2D eigenvalue weighted by Gasteiger charge is 2.12. The van der Waals surface area contributed by atoms with E-state index in [0.717, 1.165) is 6.42 Å². The van der Waals surface area contributed by atoms with Crippen LogP contribution in [0.4, 0.5) is 6.01 Å². The maximum atomic E-state index is 11.3. The van der Waals surface area contributed by atoms with Crippen LogP contribution in [-0.2, 0) is 9.47 Å². The highest BCUT2D eigenvalue weighted by Crippen LogP contribution is 2.08. The Morgan fingerprint density at radius 3 is 3.00 bits per heavy atom. The van der Waals surface area contributed by atoms with Crippen LogP contribution in [0.25, 0.3) is 0 Å². The summed E-state index contributed by atoms with van der Waals surface area (Å²) in [4.78, 5) is 15.2. The molecule has 1 aromatic rings. The predicted octanol–water partition coefficient (Wildman–Crippen LogP) is 1.69. The summed E-state index contributed by atoms with van der Waals surface area (Å²) in [5, 5.41) is 2.96. The monoisotopic (exact) mass is 242 g/mol. The van der Waals surface area contributed by atoms with E-state index >= 15 is 0 Å². The fraction of sp³-hybridized carbons (Fsp3) is 0.636. The van der Waals surface area contributed by atoms with E-state index in [1.807, 2.05) is 6.92 Å². The zero-order chi connectivity index (χ0) is 12.5. The first-order valence-corrected chi connectivity index (χ1v) is 5.72. The molecule has 0 saturated carbocycles. The Kier molecular flexibility index (Phi) is 6.09. The molecule has 17 heavy (non-hydrogen) atoms. The van der Waals surface area contributed by atoms with Crippen LogP contribution in [0.1, 0.15) is 30.8 Å². The van der Waals surface area contributed by atoms with Crippen molar-refractivity contribution in [3.8, 4) is 0 Å². The van der Waals surface area contributed by atoms with Gasteiger partial charge >= 0.3 is 5.97 Å². The Hall–Kier alpha value is -1.56. The number of anilines is 1. The topological polar surface area (TPSA) is 73.6 Å². The average molecular weight is 242 g/mol. The van der Waals surface area contributed by atoms with Crippen molar-refractivity contribution < 1.29 is 18.7 Å². The van der Waals surface area contributed by atoms with Crippen molar-refractivity contribution in [2.45, 2.75) is 20.3 Å². The number of hydrogen-bond donors (Lipinski definition) is 1. The van der Waals surface area contributed by atoms with Crippen molar-refractivity contribution in [2.24, 2.45) is 0 Å². The van der Waals surface area contributed by atoms with Crippen LogP contribution in [0.2, 0.25) is 0 Å². The zero-order valence-corrected chi connectivity index (χ0v) is 10.2. The Morgan fingerprint density at radius 2 is 2.29 bits per heavy atom. The Morgan fingerprint density at radius 1 is 1.47 bits per heavy atom. The lowest BCUT2D eigenvalue weighted by Gasteiger charge is -2.01. The van der Waals surface area contributed by atoms with Gasteiger partial charge in [-0.25, -0.2) is 4.79 Å². The smallest absolute Gasteiger partial charge is 0.360 e. The third-order valence-corrected chi connectivity index (χ3v) is 1.93. The van der Waals surface area contributed by atoms with Crippen LogP contribution in [0.15, 0.2) is 10.7 Å². The van der Waals surface area contributed by atoms with Crippen molar-refractivity contribution in [3.63, 3.8) is 0 Å². The van der Waals surface area contributed by atoms with Gasteiger partial charge in [0.1, 0.15) is 6.26 Å². The Bertz CT molecular complexity index is 338. The van der Waals surface area contributed by atoms with Gasteiger partial charge < -0.3 is 19.2 Å². The maximum absolute atomic E-state index is 11.3. The molecule has 1 heterocycles. The van der Waals surface area contributed by atoms with E-state index in [1.165, 1.54) is 6.26 Å². The number of nitrogens with one attached hydrogen (secondary N) is 1. The van der Waals surface area contributed by atoms with E-state index < -0.39 is 5.97 Å². The summed E-state index contributed by atoms with van der Waals surface area (Å²) in [5.41, 5.74) is 0.180. The number of carbonyl (C=O) groups is 1. The first kappa shape index (κ1) is 13.5. The normalized spacial score (nSPS) is 10.2. The summed E-state index contributed by atoms with van der Waals surface area (Å²) in [5.74, 6) is -0.474. The average Bonchev–Trinajstić information content (AvgIpc) is 2.78. The molecule has 0 radical (unpaired) electrons. The Labute approximate surface area is 100 Å². The molecule has 0 fully saturated rings. The summed E-state index contributed by atoms with van der Waals surface area (Å²) >= 11 is 0. The number of oxazole rings is 1. The molecule has 96 valence electrons. The molecule has 0 aliphatic heterocycles. The highest BCUT2D eigenvalue weighted by atomic mass is 16.5. The molecule has 0 spiro atoms. The van der Waals surface area contributed by atoms with Gasteiger partial charge in [-0.3, -0.25) is 0 Å². The summed E-state index contributed by atoms with van der Waals surface area (Å²) in [6.45, 7) is 6.10. The zero-order valence-electron chi connectivity index (χ0n) is 10.2. The molecule has 1 aromatic heterocycles. The molecule has 6 nitrogen and oxygen atoms in total. The van der Waals surface area contributed by atoms with Crippen LogP contribution >= 0.6 is 0 Å². The fourth-order valence-corrected chi connectivity index (χ4v) is 1.17. The SMILES string of the molecule is CCOCCCNc1nc(C(=O)OCC)co1. The van der Waals surface area contributed by atoms with Crippen LogP contribution in [-0.4, -0.2) is 37.3 Å². The number of aromatic nitrogens is 1. The predicted molar refractivity (Wildman–Crippen MR) is 62.1 cm³/mol. The van der Waals surface area contributed by atoms with Gasteiger partial charge in [-0.2, -0.15) is 4.98 Å². The van der Waals surface area contributed by atoms with Crippen LogP contribution < -0.4 is 5.32 Å². The first-order chi connectivity index (χ1) is 8.27. The Balaban J connectivity index is 2.28. The molecular weight excluding hydrogens is 224 g/mol. The van der Waals surface area contributed by atoms with Gasteiger partial charge in [0.15, 0.2) is 5.69 Å². The number of carbonyl (C=O) groups excluding carboxylic acids is 1. The van der Waals surface area contributed by atoms with Gasteiger partial charge in [0.2, 0.25) is 0 Å². The molecule has 0 aliphatic rings. The van der Waals surface area contributed by atoms with E-state index in [1.54, 1.807) is 6.92 Å². The molecule has 1 rings (SSSR count). The molecule has 0 bridgehead atoms. The van der Waals surface area contributed by atoms with Crippen molar-refractivity contribution >= 4 is 12.0 Å². The third kappa shape index (κ3) is 4.86. The summed E-state index contributed by atoms with van der Waals surface area (Å²) in [6.07, 6.45) is 2.13. The van der Waals surface area contributed by atoms with Crippen molar-refractivity contribution in [1.82, 2.24) is 4.98 Å². The van der Waals surface area contributed by atoms with Crippen molar-refractivity contribution in [3.05, 3.63) is 12.0 Å². The van der Waals surface area contributed by atoms with Crippen LogP contribution in [0.3, 0.4) is 0 Å². The van der Waals surface area contributed by atoms with E-state index in [9.17, 15) is 4.79 Å². The van der Waals surface area contributed by atoms with Gasteiger partial charge in [-0.05, 0) is 20.3 Å². The second-order valence-corrected chi connectivity index (χ2v) is 3.24. The number of ether oxygens (including phenoxy) is 2. The van der Waals surface area contributed by atoms with E-state index in [2.05, 4.69) is 10.3 Å². The minimum absolute atomic E-state index is 0.180. The number of rotatable bonds is 8. The van der Waals surface area contributed by atoms with Gasteiger partial charge in [-0.15, -0.1) is 0 Å². The van der Waals surface area contributed by atoms with Crippen LogP contribution in [0, 0.1) is 0 Å². The van der Waals surface area contributed by atoms with Crippen molar-refractivity contribution in [1.29, 1.82) is 0 Å². The summed E-state index contributed by atoms with van der Waals surface area (Å²) in [7, 11) is 0. The molecule has 0 amide bonds. The molecule has 0 aromatic carbocycles. The van der Waals surface area contributed by atoms with E-state index in [0.29, 0.717) is 32.4 Å². The highest BCUT2D eigenvalue weighted by molar-refractivity contribution is 5.87. The van der Waals surface area contributed by atoms with E-state index in [-0.39, 0.29) is 5.69 Å². The first-order valence-electron chi connectivity index (χ1n) is 5.72. The maximum Gasteiger partial charge on any atom is 0.360 e. The minimum atomic E-state index is -0.474. The quantitative estimate of drug-likeness (QED) is 0.552. The molecular formula is C11H18N2O4. The standard InChI is InChI=1S/C11H18N2O4/c1-3-15-7-5-6-12-11-13-9(8-17-11)10(14)16-4-2/h8H,3-7H2,1-2H3,(H,12,13). The van der Waals surface area contributed by atoms with Gasteiger partial charge in [-0.1, -0.05) is 0 Å². The molecule has 1 N–H and O–H groups in total. The second kappa shape index (κ2) is 7.67. The molecule has 6 heteroatoms. The molecule has 0 aliphatic carbocycles. The second-order valence-electron chi connectivity index (χ2n) is 3.24. The summed E-state index contributed by atoms with van der Waals surface area (Å²) < 4.78 is 15.0. The molecule has 0 unspecified atom stereocenters. The van der Waals surface area contributed by atoms with Crippen LogP contribution in [0.5, 0.6) is 0 Å². The number of esters is 1. The molecule has 0 saturated heterocycles. The number of hydrogen-bond acceptors (Lipinski definition) is 6. The van der Waals surface area contributed by atoms with Gasteiger partial charge in [0, 0.05) is 19.8 Å². The van der Waals surface area contributed by atoms with Gasteiger partial charge in [0.25, 0.3) is 6.01 Å². The number of nitrogens with zero attached hydrogens (tertiary/aromatic N) is 1. The van der Waals surface area contributed by atoms with Gasteiger partial charge in [0.05, 0.1) is 6.61 Å². The molecule has 0 atom stereocenters. The van der Waals surface area contributed by atoms with Crippen molar-refractivity contribution in [2.75, 3.05) is 31.7 Å². The van der Waals surface area contributed by atoms with E-state index in [4.69, 9.17) is 13.9 Å².